The molecule has 4 nitrogen and oxygen atoms in total. The molecule has 8 heteroatoms. The monoisotopic (exact) mass is 336 g/mol. The van der Waals surface area contributed by atoms with Crippen molar-refractivity contribution >= 4 is 10.1 Å². The largest absolute Gasteiger partial charge is 0.534 e. The summed E-state index contributed by atoms with van der Waals surface area (Å²) in [6.07, 6.45) is 4.62. The molecule has 0 amide bonds. The molecule has 4 unspecified atom stereocenters. The Morgan fingerprint density at radius 2 is 2.05 bits per heavy atom. The summed E-state index contributed by atoms with van der Waals surface area (Å²) in [4.78, 5) is 0. The molecule has 0 heterocycles. The lowest BCUT2D eigenvalue weighted by atomic mass is 9.72. The molecule has 0 aromatic rings. The summed E-state index contributed by atoms with van der Waals surface area (Å²) < 4.78 is 65.7. The van der Waals surface area contributed by atoms with E-state index in [1.165, 1.54) is 0 Å². The van der Waals surface area contributed by atoms with Crippen LogP contribution in [-0.2, 0) is 14.3 Å². The van der Waals surface area contributed by atoms with Crippen LogP contribution in [0.4, 0.5) is 13.2 Å². The summed E-state index contributed by atoms with van der Waals surface area (Å²) in [5.74, 6) is 0.452. The number of aliphatic hydroxyl groups is 1. The van der Waals surface area contributed by atoms with Crippen LogP contribution in [0.15, 0.2) is 23.0 Å². The minimum Gasteiger partial charge on any atom is -0.395 e. The normalized spacial score (nSPS) is 39.5. The van der Waals surface area contributed by atoms with Gasteiger partial charge in [0, 0.05) is 5.92 Å². The van der Waals surface area contributed by atoms with Gasteiger partial charge in [-0.2, -0.15) is 21.6 Å². The Bertz CT molecular complexity index is 706. The maximum absolute atomic E-state index is 12.7. The third-order valence-corrected chi connectivity index (χ3v) is 6.69. The van der Waals surface area contributed by atoms with E-state index >= 15 is 0 Å². The molecule has 0 spiro atoms. The minimum atomic E-state index is -5.71. The number of aliphatic hydroxyl groups excluding tert-OH is 1. The van der Waals surface area contributed by atoms with E-state index in [2.05, 4.69) is 4.18 Å². The number of halogens is 3. The molecular formula is C14H15F3O4S. The number of rotatable bonds is 3. The fourth-order valence-corrected chi connectivity index (χ4v) is 5.36. The maximum atomic E-state index is 12.7. The Balaban J connectivity index is 1.85. The van der Waals surface area contributed by atoms with Crippen molar-refractivity contribution in [2.45, 2.75) is 31.2 Å². The van der Waals surface area contributed by atoms with Crippen LogP contribution in [0.2, 0.25) is 0 Å². The van der Waals surface area contributed by atoms with Crippen molar-refractivity contribution in [2.24, 2.45) is 23.2 Å². The topological polar surface area (TPSA) is 63.6 Å². The summed E-state index contributed by atoms with van der Waals surface area (Å²) in [5, 5.41) is 9.86. The van der Waals surface area contributed by atoms with E-state index in [1.54, 1.807) is 0 Å². The highest BCUT2D eigenvalue weighted by atomic mass is 32.2. The standard InChI is InChI=1S/C14H15F3O4S/c15-14(16,17)22(19,20)21-12-11-4-7-1-8(11)2-10-3-9(7)5-13(10,12)6-18/h2,7-9,18H,1,3-6H2. The van der Waals surface area contributed by atoms with Gasteiger partial charge in [0.1, 0.15) is 5.76 Å². The van der Waals surface area contributed by atoms with Crippen molar-refractivity contribution in [1.82, 2.24) is 0 Å². The zero-order valence-electron chi connectivity index (χ0n) is 11.6. The highest BCUT2D eigenvalue weighted by Crippen LogP contribution is 2.66. The highest BCUT2D eigenvalue weighted by Gasteiger charge is 2.60. The van der Waals surface area contributed by atoms with E-state index in [0.29, 0.717) is 30.8 Å². The van der Waals surface area contributed by atoms with E-state index < -0.39 is 27.6 Å². The lowest BCUT2D eigenvalue weighted by molar-refractivity contribution is -0.0537. The Labute approximate surface area is 125 Å². The zero-order valence-corrected chi connectivity index (χ0v) is 12.4. The van der Waals surface area contributed by atoms with E-state index in [9.17, 15) is 26.7 Å². The molecule has 4 atom stereocenters. The molecular weight excluding hydrogens is 321 g/mol. The molecule has 1 N–H and O–H groups in total. The van der Waals surface area contributed by atoms with Crippen LogP contribution >= 0.6 is 0 Å². The van der Waals surface area contributed by atoms with Gasteiger partial charge in [-0.15, -0.1) is 0 Å². The first-order valence-corrected chi connectivity index (χ1v) is 8.65. The molecule has 0 aliphatic heterocycles. The quantitative estimate of drug-likeness (QED) is 0.489. The van der Waals surface area contributed by atoms with E-state index in [0.717, 1.165) is 12.0 Å². The molecule has 0 aromatic heterocycles. The smallest absolute Gasteiger partial charge is 0.395 e. The van der Waals surface area contributed by atoms with Gasteiger partial charge in [-0.1, -0.05) is 11.6 Å². The van der Waals surface area contributed by atoms with Crippen LogP contribution in [0.5, 0.6) is 0 Å². The van der Waals surface area contributed by atoms with Crippen LogP contribution in [0.3, 0.4) is 0 Å². The molecule has 122 valence electrons. The Morgan fingerprint density at radius 3 is 2.68 bits per heavy atom. The second-order valence-electron chi connectivity index (χ2n) is 6.74. The number of allylic oxidation sites excluding steroid dienone is 2. The third kappa shape index (κ3) is 1.65. The van der Waals surface area contributed by atoms with Crippen LogP contribution in [-0.4, -0.2) is 25.6 Å². The van der Waals surface area contributed by atoms with Gasteiger partial charge in [-0.25, -0.2) is 0 Å². The van der Waals surface area contributed by atoms with E-state index in [4.69, 9.17) is 0 Å². The van der Waals surface area contributed by atoms with Gasteiger partial charge >= 0.3 is 15.6 Å². The van der Waals surface area contributed by atoms with Crippen molar-refractivity contribution in [3.05, 3.63) is 23.0 Å². The summed E-state index contributed by atoms with van der Waals surface area (Å²) >= 11 is 0. The van der Waals surface area contributed by atoms with Gasteiger partial charge in [0.15, 0.2) is 0 Å². The summed E-state index contributed by atoms with van der Waals surface area (Å²) in [6.45, 7) is -0.416. The average molecular weight is 336 g/mol. The lowest BCUT2D eigenvalue weighted by Crippen LogP contribution is -2.36. The number of hydrogen-bond acceptors (Lipinski definition) is 4. The molecule has 5 aliphatic rings. The first-order chi connectivity index (χ1) is 10.2. The maximum Gasteiger partial charge on any atom is 0.534 e. The third-order valence-electron chi connectivity index (χ3n) is 5.74. The summed E-state index contributed by atoms with van der Waals surface area (Å²) in [5.41, 5.74) is -5.04. The van der Waals surface area contributed by atoms with Crippen LogP contribution in [0.1, 0.15) is 25.7 Å². The van der Waals surface area contributed by atoms with Crippen molar-refractivity contribution in [2.75, 3.05) is 6.61 Å². The second kappa shape index (κ2) is 4.08. The molecule has 6 bridgehead atoms. The summed E-state index contributed by atoms with van der Waals surface area (Å²) in [6, 6.07) is 0. The Hall–Kier alpha value is -1.02. The lowest BCUT2D eigenvalue weighted by Gasteiger charge is -2.37. The van der Waals surface area contributed by atoms with Crippen molar-refractivity contribution in [3.63, 3.8) is 0 Å². The predicted octanol–water partition coefficient (Wildman–Crippen LogP) is 2.48. The van der Waals surface area contributed by atoms with Gasteiger partial charge < -0.3 is 9.29 Å². The van der Waals surface area contributed by atoms with Gasteiger partial charge in [0.05, 0.1) is 12.0 Å². The fraction of sp³-hybridized carbons (Fsp3) is 0.714. The van der Waals surface area contributed by atoms with Gasteiger partial charge in [-0.3, -0.25) is 0 Å². The molecule has 0 saturated heterocycles. The van der Waals surface area contributed by atoms with E-state index in [1.807, 2.05) is 6.08 Å². The van der Waals surface area contributed by atoms with Crippen molar-refractivity contribution in [3.8, 4) is 0 Å². The molecule has 2 saturated carbocycles. The first kappa shape index (κ1) is 14.6. The predicted molar refractivity (Wildman–Crippen MR) is 69.6 cm³/mol. The van der Waals surface area contributed by atoms with Crippen LogP contribution in [0.25, 0.3) is 0 Å². The number of hydrogen-bond donors (Lipinski definition) is 1. The average Bonchev–Trinajstić information content (AvgIpc) is 2.89. The molecule has 2 fully saturated rings. The Morgan fingerprint density at radius 1 is 1.32 bits per heavy atom. The molecule has 5 rings (SSSR count). The van der Waals surface area contributed by atoms with Crippen molar-refractivity contribution in [1.29, 1.82) is 0 Å². The number of alkyl halides is 3. The SMILES string of the molecule is O=S(=O)(OC1=C2CC3CC2C=C2CC3CC21CO)C(F)(F)F. The van der Waals surface area contributed by atoms with Gasteiger partial charge in [-0.05, 0) is 43.1 Å². The molecule has 0 aromatic carbocycles. The highest BCUT2D eigenvalue weighted by molar-refractivity contribution is 7.87. The minimum absolute atomic E-state index is 0.0385. The second-order valence-corrected chi connectivity index (χ2v) is 8.28. The molecule has 22 heavy (non-hydrogen) atoms. The van der Waals surface area contributed by atoms with Gasteiger partial charge in [0.25, 0.3) is 0 Å². The molecule has 5 aliphatic carbocycles. The first-order valence-electron chi connectivity index (χ1n) is 7.24. The van der Waals surface area contributed by atoms with Crippen LogP contribution < -0.4 is 0 Å². The Kier molecular flexibility index (Phi) is 2.70. The van der Waals surface area contributed by atoms with Crippen molar-refractivity contribution < 1.29 is 30.9 Å². The fourth-order valence-electron chi connectivity index (χ4n) is 4.78. The van der Waals surface area contributed by atoms with Crippen LogP contribution in [0, 0.1) is 23.2 Å². The molecule has 0 radical (unpaired) electrons. The van der Waals surface area contributed by atoms with Gasteiger partial charge in [0.2, 0.25) is 0 Å². The van der Waals surface area contributed by atoms with E-state index in [-0.39, 0.29) is 17.6 Å². The summed E-state index contributed by atoms with van der Waals surface area (Å²) in [7, 11) is -5.71. The zero-order chi connectivity index (χ0) is 15.9.